The van der Waals surface area contributed by atoms with Crippen LogP contribution >= 0.6 is 0 Å². The van der Waals surface area contributed by atoms with E-state index < -0.39 is 0 Å². The number of rotatable bonds is 6. The molecule has 6 nitrogen and oxygen atoms in total. The number of amides is 1. The Balaban J connectivity index is 1.34. The summed E-state index contributed by atoms with van der Waals surface area (Å²) in [4.78, 5) is 24.0. The molecule has 0 radical (unpaired) electrons. The van der Waals surface area contributed by atoms with Crippen LogP contribution in [0.15, 0.2) is 115 Å². The third-order valence-electron chi connectivity index (χ3n) is 5.72. The molecule has 0 saturated heterocycles. The lowest BCUT2D eigenvalue weighted by Crippen LogP contribution is -2.18. The second-order valence-corrected chi connectivity index (χ2v) is 8.00. The summed E-state index contributed by atoms with van der Waals surface area (Å²) in [5.41, 5.74) is 8.48. The van der Waals surface area contributed by atoms with Gasteiger partial charge in [0.25, 0.3) is 5.91 Å². The molecule has 1 amide bonds. The minimum absolute atomic E-state index is 0.301. The number of carbonyl (C=O) groups excluding carboxylic acids is 1. The Hall–Kier alpha value is -4.84. The number of nitrogens with zero attached hydrogens (tertiary/aromatic N) is 4. The first-order valence-electron chi connectivity index (χ1n) is 11.2. The van der Waals surface area contributed by atoms with Crippen LogP contribution in [0.5, 0.6) is 0 Å². The molecule has 170 valence electrons. The van der Waals surface area contributed by atoms with Gasteiger partial charge in [0.05, 0.1) is 23.0 Å². The van der Waals surface area contributed by atoms with E-state index in [-0.39, 0.29) is 5.91 Å². The van der Waals surface area contributed by atoms with Crippen LogP contribution in [-0.4, -0.2) is 29.1 Å². The Morgan fingerprint density at radius 3 is 2.40 bits per heavy atom. The Labute approximate surface area is 203 Å². The molecule has 35 heavy (non-hydrogen) atoms. The lowest BCUT2D eigenvalue weighted by Gasteiger charge is -2.19. The molecule has 0 aliphatic rings. The van der Waals surface area contributed by atoms with E-state index in [9.17, 15) is 4.79 Å². The number of benzene rings is 3. The van der Waals surface area contributed by atoms with Gasteiger partial charge in [-0.3, -0.25) is 9.78 Å². The highest BCUT2D eigenvalue weighted by atomic mass is 16.2. The lowest BCUT2D eigenvalue weighted by molar-refractivity contribution is 0.0956. The van der Waals surface area contributed by atoms with Crippen molar-refractivity contribution in [3.63, 3.8) is 0 Å². The Kier molecular flexibility index (Phi) is 6.26. The Morgan fingerprint density at radius 2 is 1.63 bits per heavy atom. The van der Waals surface area contributed by atoms with Crippen molar-refractivity contribution in [1.29, 1.82) is 0 Å². The maximum Gasteiger partial charge on any atom is 0.272 e. The van der Waals surface area contributed by atoms with E-state index in [1.54, 1.807) is 24.7 Å². The highest BCUT2D eigenvalue weighted by Crippen LogP contribution is 2.25. The van der Waals surface area contributed by atoms with Crippen LogP contribution in [0, 0.1) is 0 Å². The van der Waals surface area contributed by atoms with Crippen molar-refractivity contribution in [3.05, 3.63) is 121 Å². The molecular formula is C29H23N5O. The number of hydrazone groups is 1. The average molecular weight is 458 g/mol. The average Bonchev–Trinajstić information content (AvgIpc) is 2.93. The summed E-state index contributed by atoms with van der Waals surface area (Å²) < 4.78 is 0. The van der Waals surface area contributed by atoms with E-state index >= 15 is 0 Å². The standard InChI is InChI=1S/C29H23N5O/c1-34(23-9-3-2-4-10-23)24-15-13-21(14-16-24)19-31-33-29(35)26-18-28(22-8-7-17-30-20-22)32-27-12-6-5-11-25(26)27/h2-20H,1H3,(H,33,35). The van der Waals surface area contributed by atoms with Gasteiger partial charge in [-0.1, -0.05) is 48.5 Å². The van der Waals surface area contributed by atoms with Crippen LogP contribution in [0.4, 0.5) is 11.4 Å². The van der Waals surface area contributed by atoms with Crippen LogP contribution in [0.3, 0.4) is 0 Å². The topological polar surface area (TPSA) is 70.5 Å². The van der Waals surface area contributed by atoms with Crippen LogP contribution in [0.1, 0.15) is 15.9 Å². The van der Waals surface area contributed by atoms with Crippen molar-refractivity contribution < 1.29 is 4.79 Å². The normalized spacial score (nSPS) is 11.0. The van der Waals surface area contributed by atoms with E-state index in [4.69, 9.17) is 4.98 Å². The molecule has 2 heterocycles. The fraction of sp³-hybridized carbons (Fsp3) is 0.0345. The Morgan fingerprint density at radius 1 is 0.886 bits per heavy atom. The zero-order valence-electron chi connectivity index (χ0n) is 19.2. The second kappa shape index (κ2) is 9.97. The van der Waals surface area contributed by atoms with Gasteiger partial charge in [0.1, 0.15) is 0 Å². The summed E-state index contributed by atoms with van der Waals surface area (Å²) in [6.45, 7) is 0. The number of para-hydroxylation sites is 2. The molecule has 0 aliphatic carbocycles. The lowest BCUT2D eigenvalue weighted by atomic mass is 10.0. The summed E-state index contributed by atoms with van der Waals surface area (Å²) in [6, 6.07) is 31.2. The van der Waals surface area contributed by atoms with E-state index in [0.29, 0.717) is 11.3 Å². The van der Waals surface area contributed by atoms with Crippen molar-refractivity contribution in [2.75, 3.05) is 11.9 Å². The van der Waals surface area contributed by atoms with Crippen molar-refractivity contribution in [1.82, 2.24) is 15.4 Å². The first-order valence-corrected chi connectivity index (χ1v) is 11.2. The van der Waals surface area contributed by atoms with Gasteiger partial charge in [-0.05, 0) is 54.1 Å². The van der Waals surface area contributed by atoms with Gasteiger partial charge in [-0.2, -0.15) is 5.10 Å². The molecule has 0 bridgehead atoms. The molecule has 6 heteroatoms. The summed E-state index contributed by atoms with van der Waals surface area (Å²) in [5.74, 6) is -0.301. The maximum atomic E-state index is 13.1. The molecule has 0 spiro atoms. The number of nitrogens with one attached hydrogen (secondary N) is 1. The molecule has 0 saturated carbocycles. The fourth-order valence-corrected chi connectivity index (χ4v) is 3.84. The molecule has 1 N–H and O–H groups in total. The highest BCUT2D eigenvalue weighted by molar-refractivity contribution is 6.07. The molecule has 0 unspecified atom stereocenters. The van der Waals surface area contributed by atoms with Gasteiger partial charge in [0.15, 0.2) is 0 Å². The molecule has 0 atom stereocenters. The van der Waals surface area contributed by atoms with Gasteiger partial charge < -0.3 is 4.90 Å². The van der Waals surface area contributed by atoms with Gasteiger partial charge in [0, 0.05) is 41.8 Å². The number of aromatic nitrogens is 2. The minimum atomic E-state index is -0.301. The molecule has 2 aromatic heterocycles. The molecule has 0 aliphatic heterocycles. The number of hydrogen-bond acceptors (Lipinski definition) is 5. The van der Waals surface area contributed by atoms with Gasteiger partial charge >= 0.3 is 0 Å². The van der Waals surface area contributed by atoms with Gasteiger partial charge in [-0.25, -0.2) is 10.4 Å². The number of fused-ring (bicyclic) bond motifs is 1. The number of anilines is 2. The van der Waals surface area contributed by atoms with E-state index in [2.05, 4.69) is 32.5 Å². The number of carbonyl (C=O) groups is 1. The smallest absolute Gasteiger partial charge is 0.272 e. The maximum absolute atomic E-state index is 13.1. The van der Waals surface area contributed by atoms with E-state index in [1.807, 2.05) is 85.9 Å². The second-order valence-electron chi connectivity index (χ2n) is 8.00. The predicted molar refractivity (Wildman–Crippen MR) is 141 cm³/mol. The molecule has 5 aromatic rings. The van der Waals surface area contributed by atoms with Crippen LogP contribution < -0.4 is 10.3 Å². The quantitative estimate of drug-likeness (QED) is 0.257. The van der Waals surface area contributed by atoms with Crippen molar-refractivity contribution in [2.24, 2.45) is 5.10 Å². The third kappa shape index (κ3) is 4.91. The van der Waals surface area contributed by atoms with Crippen LogP contribution in [-0.2, 0) is 0 Å². The molecule has 5 rings (SSSR count). The van der Waals surface area contributed by atoms with Crippen molar-refractivity contribution >= 4 is 34.4 Å². The first kappa shape index (κ1) is 22.0. The number of hydrogen-bond donors (Lipinski definition) is 1. The van der Waals surface area contributed by atoms with Crippen LogP contribution in [0.25, 0.3) is 22.2 Å². The largest absolute Gasteiger partial charge is 0.345 e. The minimum Gasteiger partial charge on any atom is -0.345 e. The summed E-state index contributed by atoms with van der Waals surface area (Å²) in [7, 11) is 2.03. The third-order valence-corrected chi connectivity index (χ3v) is 5.72. The molecule has 3 aromatic carbocycles. The van der Waals surface area contributed by atoms with Gasteiger partial charge in [0.2, 0.25) is 0 Å². The summed E-state index contributed by atoms with van der Waals surface area (Å²) in [5, 5.41) is 4.95. The zero-order chi connectivity index (χ0) is 24.0. The zero-order valence-corrected chi connectivity index (χ0v) is 19.2. The summed E-state index contributed by atoms with van der Waals surface area (Å²) >= 11 is 0. The van der Waals surface area contributed by atoms with Gasteiger partial charge in [-0.15, -0.1) is 0 Å². The fourth-order valence-electron chi connectivity index (χ4n) is 3.84. The monoisotopic (exact) mass is 457 g/mol. The van der Waals surface area contributed by atoms with E-state index in [1.165, 1.54) is 0 Å². The van der Waals surface area contributed by atoms with E-state index in [0.717, 1.165) is 33.4 Å². The molecular weight excluding hydrogens is 434 g/mol. The Bertz CT molecular complexity index is 1480. The SMILES string of the molecule is CN(c1ccccc1)c1ccc(C=NNC(=O)c2cc(-c3cccnc3)nc3ccccc23)cc1. The summed E-state index contributed by atoms with van der Waals surface area (Å²) in [6.07, 6.45) is 5.07. The van der Waals surface area contributed by atoms with Crippen molar-refractivity contribution in [3.8, 4) is 11.3 Å². The van der Waals surface area contributed by atoms with Crippen molar-refractivity contribution in [2.45, 2.75) is 0 Å². The highest BCUT2D eigenvalue weighted by Gasteiger charge is 2.13. The first-order chi connectivity index (χ1) is 17.2. The predicted octanol–water partition coefficient (Wildman–Crippen LogP) is 5.83. The number of pyridine rings is 2. The van der Waals surface area contributed by atoms with Crippen LogP contribution in [0.2, 0.25) is 0 Å². The molecule has 0 fully saturated rings.